The van der Waals surface area contributed by atoms with E-state index in [4.69, 9.17) is 4.74 Å². The number of alkyl halides is 1. The lowest BCUT2D eigenvalue weighted by atomic mass is 9.85. The Balaban J connectivity index is 2.22. The summed E-state index contributed by atoms with van der Waals surface area (Å²) < 4.78 is 5.84. The molecule has 0 spiro atoms. The van der Waals surface area contributed by atoms with Gasteiger partial charge in [0.1, 0.15) is 0 Å². The molecule has 0 aromatic heterocycles. The summed E-state index contributed by atoms with van der Waals surface area (Å²) in [6, 6.07) is 0. The van der Waals surface area contributed by atoms with Crippen LogP contribution in [-0.2, 0) is 4.74 Å². The number of halogens is 1. The van der Waals surface area contributed by atoms with E-state index in [1.54, 1.807) is 0 Å². The molecule has 0 saturated heterocycles. The second kappa shape index (κ2) is 6.05. The molecule has 0 aromatic carbocycles. The van der Waals surface area contributed by atoms with E-state index in [2.05, 4.69) is 48.9 Å². The van der Waals surface area contributed by atoms with Gasteiger partial charge in [0.25, 0.3) is 0 Å². The molecule has 0 fully saturated rings. The van der Waals surface area contributed by atoms with Crippen molar-refractivity contribution >= 4 is 15.9 Å². The summed E-state index contributed by atoms with van der Waals surface area (Å²) >= 11 is 3.52. The molecular weight excluding hydrogens is 252 g/mol. The number of hydrogen-bond donors (Lipinski definition) is 0. The molecule has 1 nitrogen and oxygen atoms in total. The molecule has 0 amide bonds. The normalized spacial score (nSPS) is 26.9. The molecule has 15 heavy (non-hydrogen) atoms. The molecule has 88 valence electrons. The van der Waals surface area contributed by atoms with Gasteiger partial charge >= 0.3 is 0 Å². The molecule has 0 N–H and O–H groups in total. The van der Waals surface area contributed by atoms with E-state index in [1.807, 2.05) is 0 Å². The molecule has 0 heterocycles. The zero-order chi connectivity index (χ0) is 11.3. The lowest BCUT2D eigenvalue weighted by molar-refractivity contribution is 0.0366. The molecule has 0 saturated carbocycles. The van der Waals surface area contributed by atoms with Gasteiger partial charge in [-0.3, -0.25) is 0 Å². The van der Waals surface area contributed by atoms with Crippen molar-refractivity contribution in [1.29, 1.82) is 0 Å². The van der Waals surface area contributed by atoms with Crippen molar-refractivity contribution in [1.82, 2.24) is 0 Å². The van der Waals surface area contributed by atoms with Crippen LogP contribution in [0.2, 0.25) is 0 Å². The Morgan fingerprint density at radius 3 is 2.60 bits per heavy atom. The van der Waals surface area contributed by atoms with Crippen molar-refractivity contribution in [3.8, 4) is 0 Å². The summed E-state index contributed by atoms with van der Waals surface area (Å²) in [7, 11) is 0. The van der Waals surface area contributed by atoms with Crippen molar-refractivity contribution in [2.75, 3.05) is 18.5 Å². The minimum Gasteiger partial charge on any atom is -0.381 e. The molecule has 2 heteroatoms. The van der Waals surface area contributed by atoms with Crippen LogP contribution in [0.1, 0.15) is 33.6 Å². The molecule has 2 unspecified atom stereocenters. The van der Waals surface area contributed by atoms with Crippen LogP contribution >= 0.6 is 15.9 Å². The van der Waals surface area contributed by atoms with Gasteiger partial charge < -0.3 is 4.74 Å². The Morgan fingerprint density at radius 1 is 1.33 bits per heavy atom. The maximum absolute atomic E-state index is 5.84. The highest BCUT2D eigenvalue weighted by Crippen LogP contribution is 2.26. The van der Waals surface area contributed by atoms with Gasteiger partial charge in [-0.1, -0.05) is 48.9 Å². The van der Waals surface area contributed by atoms with Crippen LogP contribution in [-0.4, -0.2) is 18.5 Å². The number of hydrogen-bond acceptors (Lipinski definition) is 1. The van der Waals surface area contributed by atoms with Crippen molar-refractivity contribution in [2.24, 2.45) is 17.3 Å². The number of rotatable bonds is 5. The second-order valence-corrected chi connectivity index (χ2v) is 6.05. The third-order valence-corrected chi connectivity index (χ3v) is 4.62. The lowest BCUT2D eigenvalue weighted by Gasteiger charge is -2.27. The van der Waals surface area contributed by atoms with Crippen LogP contribution in [0.25, 0.3) is 0 Å². The maximum Gasteiger partial charge on any atom is 0.0525 e. The molecule has 2 atom stereocenters. The molecule has 0 aliphatic heterocycles. The lowest BCUT2D eigenvalue weighted by Crippen LogP contribution is -2.25. The topological polar surface area (TPSA) is 9.23 Å². The van der Waals surface area contributed by atoms with Crippen molar-refractivity contribution < 1.29 is 4.74 Å². The summed E-state index contributed by atoms with van der Waals surface area (Å²) in [5, 5.41) is 1.00. The highest BCUT2D eigenvalue weighted by Gasteiger charge is 2.21. The van der Waals surface area contributed by atoms with Gasteiger partial charge in [0.05, 0.1) is 6.61 Å². The highest BCUT2D eigenvalue weighted by molar-refractivity contribution is 9.09. The minimum atomic E-state index is 0.258. The van der Waals surface area contributed by atoms with E-state index in [0.29, 0.717) is 0 Å². The third kappa shape index (κ3) is 4.69. The van der Waals surface area contributed by atoms with Crippen LogP contribution in [0.3, 0.4) is 0 Å². The Labute approximate surface area is 102 Å². The summed E-state index contributed by atoms with van der Waals surface area (Å²) in [6.07, 6.45) is 7.00. The van der Waals surface area contributed by atoms with Crippen molar-refractivity contribution in [3.63, 3.8) is 0 Å². The van der Waals surface area contributed by atoms with Crippen molar-refractivity contribution in [3.05, 3.63) is 12.2 Å². The van der Waals surface area contributed by atoms with Gasteiger partial charge in [0.2, 0.25) is 0 Å². The average Bonchev–Trinajstić information content (AvgIpc) is 2.21. The molecule has 0 radical (unpaired) electrons. The fraction of sp³-hybridized carbons (Fsp3) is 0.846. The fourth-order valence-corrected chi connectivity index (χ4v) is 1.93. The monoisotopic (exact) mass is 274 g/mol. The first-order valence-electron chi connectivity index (χ1n) is 5.84. The summed E-state index contributed by atoms with van der Waals surface area (Å²) in [6.45, 7) is 8.55. The van der Waals surface area contributed by atoms with E-state index < -0.39 is 0 Å². The number of allylic oxidation sites excluding steroid dienone is 2. The van der Waals surface area contributed by atoms with Gasteiger partial charge in [-0.15, -0.1) is 0 Å². The molecule has 1 aliphatic carbocycles. The number of ether oxygens (including phenoxy) is 1. The van der Waals surface area contributed by atoms with Crippen LogP contribution in [0.4, 0.5) is 0 Å². The van der Waals surface area contributed by atoms with Crippen molar-refractivity contribution in [2.45, 2.75) is 33.6 Å². The van der Waals surface area contributed by atoms with E-state index >= 15 is 0 Å². The highest BCUT2D eigenvalue weighted by atomic mass is 79.9. The van der Waals surface area contributed by atoms with Crippen LogP contribution in [0.5, 0.6) is 0 Å². The SMILES string of the molecule is CC1CC=CCC1COCC(C)(C)CBr. The summed E-state index contributed by atoms with van der Waals surface area (Å²) in [5.41, 5.74) is 0.258. The summed E-state index contributed by atoms with van der Waals surface area (Å²) in [5.74, 6) is 1.50. The fourth-order valence-electron chi connectivity index (χ4n) is 1.76. The third-order valence-electron chi connectivity index (χ3n) is 3.10. The Hall–Kier alpha value is 0.180. The van der Waals surface area contributed by atoms with Gasteiger partial charge in [-0.05, 0) is 30.1 Å². The first-order chi connectivity index (χ1) is 7.05. The zero-order valence-corrected chi connectivity index (χ0v) is 11.7. The van der Waals surface area contributed by atoms with E-state index in [0.717, 1.165) is 30.4 Å². The minimum absolute atomic E-state index is 0.258. The first-order valence-corrected chi connectivity index (χ1v) is 6.96. The predicted molar refractivity (Wildman–Crippen MR) is 69.4 cm³/mol. The summed E-state index contributed by atoms with van der Waals surface area (Å²) in [4.78, 5) is 0. The van der Waals surface area contributed by atoms with Gasteiger partial charge in [0.15, 0.2) is 0 Å². The largest absolute Gasteiger partial charge is 0.381 e. The van der Waals surface area contributed by atoms with Crippen LogP contribution < -0.4 is 0 Å². The average molecular weight is 275 g/mol. The van der Waals surface area contributed by atoms with Crippen LogP contribution in [0, 0.1) is 17.3 Å². The van der Waals surface area contributed by atoms with Crippen LogP contribution in [0.15, 0.2) is 12.2 Å². The van der Waals surface area contributed by atoms with Gasteiger partial charge in [-0.25, -0.2) is 0 Å². The molecule has 1 rings (SSSR count). The zero-order valence-electron chi connectivity index (χ0n) is 10.1. The second-order valence-electron chi connectivity index (χ2n) is 5.49. The van der Waals surface area contributed by atoms with Gasteiger partial charge in [-0.2, -0.15) is 0 Å². The Bertz CT molecular complexity index is 211. The first kappa shape index (κ1) is 13.2. The molecule has 0 aromatic rings. The standard InChI is InChI=1S/C13H23BrO/c1-11-6-4-5-7-12(11)8-15-10-13(2,3)9-14/h4-5,11-12H,6-10H2,1-3H3. The smallest absolute Gasteiger partial charge is 0.0525 e. The quantitative estimate of drug-likeness (QED) is 0.544. The Kier molecular flexibility index (Phi) is 5.34. The van der Waals surface area contributed by atoms with E-state index in [1.165, 1.54) is 12.8 Å². The van der Waals surface area contributed by atoms with E-state index in [9.17, 15) is 0 Å². The molecule has 0 bridgehead atoms. The van der Waals surface area contributed by atoms with Gasteiger partial charge in [0, 0.05) is 11.9 Å². The van der Waals surface area contributed by atoms with E-state index in [-0.39, 0.29) is 5.41 Å². The molecular formula is C13H23BrO. The Morgan fingerprint density at radius 2 is 2.00 bits per heavy atom. The predicted octanol–water partition coefficient (Wildman–Crippen LogP) is 4.03. The molecule has 1 aliphatic rings. The maximum atomic E-state index is 5.84.